The van der Waals surface area contributed by atoms with E-state index in [1.54, 1.807) is 12.3 Å². The van der Waals surface area contributed by atoms with Crippen molar-refractivity contribution in [1.82, 2.24) is 25.3 Å². The maximum atomic E-state index is 12.6. The predicted molar refractivity (Wildman–Crippen MR) is 106 cm³/mol. The molecule has 2 fully saturated rings. The van der Waals surface area contributed by atoms with Crippen LogP contribution in [-0.4, -0.2) is 64.0 Å². The van der Waals surface area contributed by atoms with Crippen LogP contribution in [0.25, 0.3) is 0 Å². The van der Waals surface area contributed by atoms with Crippen molar-refractivity contribution in [1.29, 1.82) is 0 Å². The summed E-state index contributed by atoms with van der Waals surface area (Å²) >= 11 is 0. The first-order valence-electron chi connectivity index (χ1n) is 10.3. The molecule has 1 N–H and O–H groups in total. The van der Waals surface area contributed by atoms with Gasteiger partial charge in [-0.05, 0) is 44.4 Å². The Morgan fingerprint density at radius 1 is 1.14 bits per heavy atom. The Kier molecular flexibility index (Phi) is 6.19. The van der Waals surface area contributed by atoms with Gasteiger partial charge in [0.15, 0.2) is 5.69 Å². The summed E-state index contributed by atoms with van der Waals surface area (Å²) in [6, 6.07) is 7.74. The Balaban J connectivity index is 1.25. The molecule has 0 unspecified atom stereocenters. The maximum absolute atomic E-state index is 12.6. The number of rotatable bonds is 5. The number of nitrogens with zero attached hydrogens (tertiary/aromatic N) is 4. The minimum Gasteiger partial charge on any atom is -0.364 e. The van der Waals surface area contributed by atoms with Gasteiger partial charge < -0.3 is 14.7 Å². The molecule has 2 aliphatic heterocycles. The van der Waals surface area contributed by atoms with Crippen molar-refractivity contribution in [3.8, 4) is 0 Å². The molecule has 2 aromatic heterocycles. The summed E-state index contributed by atoms with van der Waals surface area (Å²) in [4.78, 5) is 33.6. The molecule has 0 bridgehead atoms. The lowest BCUT2D eigenvalue weighted by Crippen LogP contribution is -2.51. The topological polar surface area (TPSA) is 91.6 Å². The average Bonchev–Trinajstić information content (AvgIpc) is 3.33. The highest BCUT2D eigenvalue weighted by Crippen LogP contribution is 2.24. The molecule has 2 amide bonds. The quantitative estimate of drug-likeness (QED) is 0.826. The first-order chi connectivity index (χ1) is 14.2. The van der Waals surface area contributed by atoms with Gasteiger partial charge in [0.1, 0.15) is 6.26 Å². The summed E-state index contributed by atoms with van der Waals surface area (Å²) in [5.74, 6) is 0.0591. The Hall–Kier alpha value is -2.74. The standard InChI is InChI=1S/C21H27N5O3/c27-20(23-14-17-5-1-2-9-22-17)16-4-3-10-26(15-16)18-6-11-25(12-7-18)21(28)19-8-13-29-24-19/h1-2,5,8-9,13,16,18H,3-4,6-7,10-12,14-15H2,(H,23,27)/t16-/m0/s1. The van der Waals surface area contributed by atoms with Crippen LogP contribution in [0.2, 0.25) is 0 Å². The molecule has 2 saturated heterocycles. The number of carbonyl (C=O) groups excluding carboxylic acids is 2. The van der Waals surface area contributed by atoms with Gasteiger partial charge in [-0.15, -0.1) is 0 Å². The summed E-state index contributed by atoms with van der Waals surface area (Å²) in [5, 5.41) is 6.78. The van der Waals surface area contributed by atoms with Gasteiger partial charge in [0.2, 0.25) is 5.91 Å². The Bertz CT molecular complexity index is 803. The van der Waals surface area contributed by atoms with Crippen LogP contribution >= 0.6 is 0 Å². The average molecular weight is 397 g/mol. The molecule has 29 heavy (non-hydrogen) atoms. The molecule has 4 rings (SSSR count). The van der Waals surface area contributed by atoms with Crippen LogP contribution < -0.4 is 5.32 Å². The van der Waals surface area contributed by atoms with E-state index in [1.165, 1.54) is 6.26 Å². The third-order valence-electron chi connectivity index (χ3n) is 5.92. The molecule has 154 valence electrons. The molecule has 0 spiro atoms. The lowest BCUT2D eigenvalue weighted by Gasteiger charge is -2.41. The van der Waals surface area contributed by atoms with Crippen LogP contribution in [0.4, 0.5) is 0 Å². The Morgan fingerprint density at radius 2 is 2.00 bits per heavy atom. The van der Waals surface area contributed by atoms with E-state index >= 15 is 0 Å². The van der Waals surface area contributed by atoms with E-state index in [1.807, 2.05) is 23.1 Å². The van der Waals surface area contributed by atoms with Gasteiger partial charge in [-0.2, -0.15) is 0 Å². The molecule has 1 atom stereocenters. The van der Waals surface area contributed by atoms with Gasteiger partial charge in [0.05, 0.1) is 18.2 Å². The second kappa shape index (κ2) is 9.17. The van der Waals surface area contributed by atoms with Crippen molar-refractivity contribution in [2.24, 2.45) is 5.92 Å². The Morgan fingerprint density at radius 3 is 2.72 bits per heavy atom. The minimum absolute atomic E-state index is 0.0160. The number of aromatic nitrogens is 2. The zero-order chi connectivity index (χ0) is 20.1. The molecule has 2 aromatic rings. The number of hydrogen-bond acceptors (Lipinski definition) is 6. The van der Waals surface area contributed by atoms with Crippen molar-refractivity contribution in [3.63, 3.8) is 0 Å². The fraction of sp³-hybridized carbons (Fsp3) is 0.524. The first-order valence-corrected chi connectivity index (χ1v) is 10.3. The van der Waals surface area contributed by atoms with E-state index in [0.717, 1.165) is 44.5 Å². The number of carbonyl (C=O) groups is 2. The molecule has 4 heterocycles. The van der Waals surface area contributed by atoms with Crippen molar-refractivity contribution < 1.29 is 14.1 Å². The zero-order valence-electron chi connectivity index (χ0n) is 16.5. The zero-order valence-corrected chi connectivity index (χ0v) is 16.5. The molecule has 8 nitrogen and oxygen atoms in total. The van der Waals surface area contributed by atoms with Crippen LogP contribution in [0.5, 0.6) is 0 Å². The van der Waals surface area contributed by atoms with Crippen molar-refractivity contribution in [2.75, 3.05) is 26.2 Å². The maximum Gasteiger partial charge on any atom is 0.276 e. The van der Waals surface area contributed by atoms with Crippen LogP contribution in [0, 0.1) is 5.92 Å². The highest BCUT2D eigenvalue weighted by molar-refractivity contribution is 5.92. The highest BCUT2D eigenvalue weighted by Gasteiger charge is 2.33. The summed E-state index contributed by atoms with van der Waals surface area (Å²) < 4.78 is 4.78. The molecular formula is C21H27N5O3. The second-order valence-electron chi connectivity index (χ2n) is 7.78. The van der Waals surface area contributed by atoms with Crippen LogP contribution in [-0.2, 0) is 11.3 Å². The van der Waals surface area contributed by atoms with Gasteiger partial charge in [-0.1, -0.05) is 11.2 Å². The van der Waals surface area contributed by atoms with Crippen LogP contribution in [0.3, 0.4) is 0 Å². The fourth-order valence-electron chi connectivity index (χ4n) is 4.30. The monoisotopic (exact) mass is 397 g/mol. The van der Waals surface area contributed by atoms with Gasteiger partial charge in [0.25, 0.3) is 5.91 Å². The summed E-state index contributed by atoms with van der Waals surface area (Å²) in [7, 11) is 0. The molecule has 0 aromatic carbocycles. The molecule has 0 aliphatic carbocycles. The lowest BCUT2D eigenvalue weighted by atomic mass is 9.93. The Labute approximate surface area is 170 Å². The summed E-state index contributed by atoms with van der Waals surface area (Å²) in [6.45, 7) is 3.70. The van der Waals surface area contributed by atoms with Gasteiger partial charge in [-0.3, -0.25) is 19.5 Å². The van der Waals surface area contributed by atoms with E-state index in [-0.39, 0.29) is 17.7 Å². The molecular weight excluding hydrogens is 370 g/mol. The smallest absolute Gasteiger partial charge is 0.276 e. The van der Waals surface area contributed by atoms with Gasteiger partial charge in [-0.25, -0.2) is 0 Å². The second-order valence-corrected chi connectivity index (χ2v) is 7.78. The highest BCUT2D eigenvalue weighted by atomic mass is 16.5. The first kappa shape index (κ1) is 19.6. The number of piperidine rings is 2. The molecule has 8 heteroatoms. The van der Waals surface area contributed by atoms with E-state index in [0.29, 0.717) is 31.4 Å². The molecule has 0 radical (unpaired) electrons. The molecule has 0 saturated carbocycles. The summed E-state index contributed by atoms with van der Waals surface area (Å²) in [6.07, 6.45) is 6.96. The van der Waals surface area contributed by atoms with Gasteiger partial charge in [0, 0.05) is 37.9 Å². The number of pyridine rings is 1. The molecule has 2 aliphatic rings. The minimum atomic E-state index is -0.0670. The predicted octanol–water partition coefficient (Wildman–Crippen LogP) is 1.70. The largest absolute Gasteiger partial charge is 0.364 e. The van der Waals surface area contributed by atoms with Crippen molar-refractivity contribution >= 4 is 11.8 Å². The third kappa shape index (κ3) is 4.82. The van der Waals surface area contributed by atoms with Gasteiger partial charge >= 0.3 is 0 Å². The van der Waals surface area contributed by atoms with Crippen molar-refractivity contribution in [3.05, 3.63) is 48.1 Å². The number of nitrogens with one attached hydrogen (secondary N) is 1. The van der Waals surface area contributed by atoms with E-state index in [4.69, 9.17) is 4.52 Å². The van der Waals surface area contributed by atoms with E-state index in [2.05, 4.69) is 20.4 Å². The number of amides is 2. The third-order valence-corrected chi connectivity index (χ3v) is 5.92. The van der Waals surface area contributed by atoms with E-state index in [9.17, 15) is 9.59 Å². The normalized spacial score (nSPS) is 21.1. The fourth-order valence-corrected chi connectivity index (χ4v) is 4.30. The lowest BCUT2D eigenvalue weighted by molar-refractivity contribution is -0.127. The van der Waals surface area contributed by atoms with Crippen molar-refractivity contribution in [2.45, 2.75) is 38.3 Å². The summed E-state index contributed by atoms with van der Waals surface area (Å²) in [5.41, 5.74) is 1.24. The number of likely N-dealkylation sites (tertiary alicyclic amines) is 2. The number of hydrogen-bond donors (Lipinski definition) is 1. The van der Waals surface area contributed by atoms with Crippen LogP contribution in [0.1, 0.15) is 41.9 Å². The van der Waals surface area contributed by atoms with Crippen LogP contribution in [0.15, 0.2) is 41.2 Å². The SMILES string of the molecule is O=C(NCc1ccccn1)[C@H]1CCCN(C2CCN(C(=O)c3ccon3)CC2)C1. The van der Waals surface area contributed by atoms with E-state index < -0.39 is 0 Å².